The molecule has 1 heterocycles. The molecular weight excluding hydrogens is 362 g/mol. The Hall–Kier alpha value is -1.01. The van der Waals surface area contributed by atoms with Crippen molar-refractivity contribution in [2.24, 2.45) is 0 Å². The standard InChI is InChI=1S/C18H20ClNO2S2/c1-14-7-9-18(10-8-14)24(21,22)20-11-3-6-17(13-20)23-16-5-2-4-15(19)12-16/h2,4-5,7-10,12,17H,3,6,11,13H2,1H3. The summed E-state index contributed by atoms with van der Waals surface area (Å²) in [7, 11) is -3.42. The van der Waals surface area contributed by atoms with Gasteiger partial charge in [0.1, 0.15) is 0 Å². The summed E-state index contributed by atoms with van der Waals surface area (Å²) >= 11 is 7.74. The van der Waals surface area contributed by atoms with Crippen LogP contribution in [0, 0.1) is 6.92 Å². The molecule has 2 aromatic carbocycles. The molecule has 3 nitrogen and oxygen atoms in total. The molecule has 1 saturated heterocycles. The second-order valence-corrected chi connectivity index (χ2v) is 9.76. The smallest absolute Gasteiger partial charge is 0.207 e. The Kier molecular flexibility index (Phi) is 5.55. The number of hydrogen-bond acceptors (Lipinski definition) is 3. The highest BCUT2D eigenvalue weighted by Gasteiger charge is 2.30. The minimum Gasteiger partial charge on any atom is -0.207 e. The third kappa shape index (κ3) is 4.14. The first-order chi connectivity index (χ1) is 11.4. The van der Waals surface area contributed by atoms with Crippen molar-refractivity contribution in [2.75, 3.05) is 13.1 Å². The topological polar surface area (TPSA) is 37.4 Å². The summed E-state index contributed by atoms with van der Waals surface area (Å²) in [5, 5.41) is 0.956. The van der Waals surface area contributed by atoms with Crippen molar-refractivity contribution in [1.29, 1.82) is 0 Å². The fourth-order valence-electron chi connectivity index (χ4n) is 2.81. The number of rotatable bonds is 4. The van der Waals surface area contributed by atoms with Gasteiger partial charge in [-0.1, -0.05) is 35.4 Å². The van der Waals surface area contributed by atoms with Crippen LogP contribution in [0.3, 0.4) is 0 Å². The highest BCUT2D eigenvalue weighted by molar-refractivity contribution is 8.00. The van der Waals surface area contributed by atoms with Gasteiger partial charge in [0, 0.05) is 28.3 Å². The highest BCUT2D eigenvalue weighted by atomic mass is 35.5. The van der Waals surface area contributed by atoms with Crippen LogP contribution in [-0.2, 0) is 10.0 Å². The van der Waals surface area contributed by atoms with Crippen LogP contribution in [0.4, 0.5) is 0 Å². The second kappa shape index (κ2) is 7.48. The molecule has 24 heavy (non-hydrogen) atoms. The van der Waals surface area contributed by atoms with Crippen LogP contribution in [0.15, 0.2) is 58.3 Å². The van der Waals surface area contributed by atoms with Crippen LogP contribution >= 0.6 is 23.4 Å². The maximum Gasteiger partial charge on any atom is 0.243 e. The monoisotopic (exact) mass is 381 g/mol. The molecule has 0 aliphatic carbocycles. The van der Waals surface area contributed by atoms with Gasteiger partial charge in [-0.15, -0.1) is 11.8 Å². The van der Waals surface area contributed by atoms with E-state index in [4.69, 9.17) is 11.6 Å². The number of nitrogens with zero attached hydrogens (tertiary/aromatic N) is 1. The summed E-state index contributed by atoms with van der Waals surface area (Å²) in [6, 6.07) is 14.8. The first kappa shape index (κ1) is 17.8. The zero-order valence-electron chi connectivity index (χ0n) is 13.5. The van der Waals surface area contributed by atoms with Crippen molar-refractivity contribution in [3.05, 3.63) is 59.1 Å². The van der Waals surface area contributed by atoms with Gasteiger partial charge in [-0.3, -0.25) is 0 Å². The Morgan fingerprint density at radius 3 is 2.62 bits per heavy atom. The first-order valence-corrected chi connectivity index (χ1v) is 10.6. The van der Waals surface area contributed by atoms with Crippen LogP contribution < -0.4 is 0 Å². The van der Waals surface area contributed by atoms with Gasteiger partial charge in [-0.05, 0) is 50.1 Å². The van der Waals surface area contributed by atoms with Crippen molar-refractivity contribution >= 4 is 33.4 Å². The fourth-order valence-corrected chi connectivity index (χ4v) is 5.96. The van der Waals surface area contributed by atoms with Crippen LogP contribution in [0.5, 0.6) is 0 Å². The fraction of sp³-hybridized carbons (Fsp3) is 0.333. The number of hydrogen-bond donors (Lipinski definition) is 0. The Morgan fingerprint density at radius 1 is 1.17 bits per heavy atom. The summed E-state index contributed by atoms with van der Waals surface area (Å²) in [5.74, 6) is 0. The molecule has 0 aromatic heterocycles. The molecule has 128 valence electrons. The van der Waals surface area contributed by atoms with Gasteiger partial charge in [0.25, 0.3) is 0 Å². The Labute approximate surface area is 153 Å². The van der Waals surface area contributed by atoms with Crippen LogP contribution in [0.25, 0.3) is 0 Å². The van der Waals surface area contributed by atoms with E-state index >= 15 is 0 Å². The quantitative estimate of drug-likeness (QED) is 0.777. The molecule has 1 aliphatic heterocycles. The number of aryl methyl sites for hydroxylation is 1. The summed E-state index contributed by atoms with van der Waals surface area (Å²) in [6.07, 6.45) is 1.89. The maximum atomic E-state index is 12.8. The van der Waals surface area contributed by atoms with Crippen molar-refractivity contribution in [3.8, 4) is 0 Å². The van der Waals surface area contributed by atoms with Crippen LogP contribution in [0.1, 0.15) is 18.4 Å². The van der Waals surface area contributed by atoms with Gasteiger partial charge < -0.3 is 0 Å². The normalized spacial score (nSPS) is 19.3. The van der Waals surface area contributed by atoms with Gasteiger partial charge >= 0.3 is 0 Å². The van der Waals surface area contributed by atoms with Gasteiger partial charge in [0.15, 0.2) is 0 Å². The molecule has 1 aliphatic rings. The van der Waals surface area contributed by atoms with E-state index in [2.05, 4.69) is 0 Å². The zero-order valence-corrected chi connectivity index (χ0v) is 15.9. The molecule has 0 saturated carbocycles. The molecular formula is C18H20ClNO2S2. The van der Waals surface area contributed by atoms with Crippen molar-refractivity contribution in [1.82, 2.24) is 4.31 Å². The van der Waals surface area contributed by atoms with Crippen LogP contribution in [0.2, 0.25) is 5.02 Å². The number of benzene rings is 2. The lowest BCUT2D eigenvalue weighted by molar-refractivity contribution is 0.353. The van der Waals surface area contributed by atoms with E-state index in [0.29, 0.717) is 23.0 Å². The van der Waals surface area contributed by atoms with Gasteiger partial charge in [0.05, 0.1) is 4.90 Å². The molecule has 1 fully saturated rings. The summed E-state index contributed by atoms with van der Waals surface area (Å²) in [6.45, 7) is 3.07. The Bertz CT molecular complexity index is 806. The number of sulfonamides is 1. The Morgan fingerprint density at radius 2 is 1.92 bits per heavy atom. The molecule has 3 rings (SSSR count). The molecule has 1 unspecified atom stereocenters. The average molecular weight is 382 g/mol. The molecule has 6 heteroatoms. The third-order valence-corrected chi connectivity index (χ3v) is 7.46. The molecule has 0 N–H and O–H groups in total. The summed E-state index contributed by atoms with van der Waals surface area (Å²) < 4.78 is 27.3. The number of thioether (sulfide) groups is 1. The van der Waals surface area contributed by atoms with E-state index < -0.39 is 10.0 Å². The molecule has 0 bridgehead atoms. The molecule has 0 spiro atoms. The molecule has 1 atom stereocenters. The van der Waals surface area contributed by atoms with Gasteiger partial charge in [0.2, 0.25) is 10.0 Å². The van der Waals surface area contributed by atoms with Crippen molar-refractivity contribution < 1.29 is 8.42 Å². The highest BCUT2D eigenvalue weighted by Crippen LogP contribution is 2.32. The van der Waals surface area contributed by atoms with E-state index in [1.807, 2.05) is 43.3 Å². The SMILES string of the molecule is Cc1ccc(S(=O)(=O)N2CCCC(Sc3cccc(Cl)c3)C2)cc1. The second-order valence-electron chi connectivity index (χ2n) is 6.02. The van der Waals surface area contributed by atoms with E-state index in [0.717, 1.165) is 23.3 Å². The minimum atomic E-state index is -3.42. The van der Waals surface area contributed by atoms with E-state index in [1.165, 1.54) is 0 Å². The summed E-state index contributed by atoms with van der Waals surface area (Å²) in [5.41, 5.74) is 1.06. The maximum absolute atomic E-state index is 12.8. The predicted molar refractivity (Wildman–Crippen MR) is 100 cm³/mol. The minimum absolute atomic E-state index is 0.248. The van der Waals surface area contributed by atoms with E-state index in [-0.39, 0.29) is 5.25 Å². The van der Waals surface area contributed by atoms with Crippen molar-refractivity contribution in [2.45, 2.75) is 34.8 Å². The molecule has 2 aromatic rings. The van der Waals surface area contributed by atoms with E-state index in [9.17, 15) is 8.42 Å². The Balaban J connectivity index is 1.74. The van der Waals surface area contributed by atoms with E-state index in [1.54, 1.807) is 28.2 Å². The third-order valence-electron chi connectivity index (χ3n) is 4.10. The number of halogens is 1. The predicted octanol–water partition coefficient (Wildman–Crippen LogP) is 4.59. The van der Waals surface area contributed by atoms with Gasteiger partial charge in [-0.25, -0.2) is 8.42 Å². The molecule has 0 amide bonds. The summed E-state index contributed by atoms with van der Waals surface area (Å²) in [4.78, 5) is 1.46. The largest absolute Gasteiger partial charge is 0.243 e. The lowest BCUT2D eigenvalue weighted by Crippen LogP contribution is -2.41. The number of piperidine rings is 1. The molecule has 0 radical (unpaired) electrons. The lowest BCUT2D eigenvalue weighted by atomic mass is 10.2. The zero-order chi connectivity index (χ0) is 17.2. The lowest BCUT2D eigenvalue weighted by Gasteiger charge is -2.31. The van der Waals surface area contributed by atoms with Crippen LogP contribution in [-0.4, -0.2) is 31.1 Å². The first-order valence-electron chi connectivity index (χ1n) is 7.94. The average Bonchev–Trinajstić information content (AvgIpc) is 2.55. The van der Waals surface area contributed by atoms with Crippen molar-refractivity contribution in [3.63, 3.8) is 0 Å². The van der Waals surface area contributed by atoms with Gasteiger partial charge in [-0.2, -0.15) is 4.31 Å².